The second-order valence-electron chi connectivity index (χ2n) is 3.84. The Morgan fingerprint density at radius 1 is 1.31 bits per heavy atom. The lowest BCUT2D eigenvalue weighted by Gasteiger charge is -2.32. The van der Waals surface area contributed by atoms with Crippen LogP contribution in [0.3, 0.4) is 0 Å². The maximum Gasteiger partial charge on any atom is 0.334 e. The quantitative estimate of drug-likeness (QED) is 0.633. The topological polar surface area (TPSA) is 49.6 Å². The van der Waals surface area contributed by atoms with Gasteiger partial charge in [-0.1, -0.05) is 29.8 Å². The molecule has 1 fully saturated rings. The predicted octanol–water partition coefficient (Wildman–Crippen LogP) is 1.84. The van der Waals surface area contributed by atoms with Crippen LogP contribution in [0.4, 0.5) is 4.79 Å². The molecule has 4 nitrogen and oxygen atoms in total. The fraction of sp³-hybridized carbons (Fsp3) is 0.364. The Hall–Kier alpha value is -1.26. The molecule has 2 N–H and O–H groups in total. The Morgan fingerprint density at radius 3 is 2.81 bits per heavy atom. The van der Waals surface area contributed by atoms with Crippen molar-refractivity contribution in [2.45, 2.75) is 13.0 Å². The number of hydrazine groups is 1. The zero-order valence-corrected chi connectivity index (χ0v) is 9.65. The zero-order valence-electron chi connectivity index (χ0n) is 8.90. The number of amides is 2. The third-order valence-corrected chi connectivity index (χ3v) is 3.03. The molecule has 2 amide bonds. The van der Waals surface area contributed by atoms with Crippen molar-refractivity contribution in [3.8, 4) is 0 Å². The van der Waals surface area contributed by atoms with Crippen LogP contribution in [0.15, 0.2) is 24.3 Å². The number of nitrogens with zero attached hydrogens (tertiary/aromatic N) is 2. The fourth-order valence-corrected chi connectivity index (χ4v) is 1.98. The second kappa shape index (κ2) is 4.72. The summed E-state index contributed by atoms with van der Waals surface area (Å²) >= 11 is 6.04. The molecule has 5 heteroatoms. The van der Waals surface area contributed by atoms with Crippen molar-refractivity contribution in [2.24, 2.45) is 5.84 Å². The molecule has 0 aromatic heterocycles. The summed E-state index contributed by atoms with van der Waals surface area (Å²) in [5.74, 6) is 5.57. The number of carbonyl (C=O) groups excluding carboxylic acids is 1. The minimum atomic E-state index is -0.133. The molecule has 1 aliphatic heterocycles. The van der Waals surface area contributed by atoms with E-state index in [2.05, 4.69) is 0 Å². The summed E-state index contributed by atoms with van der Waals surface area (Å²) < 4.78 is 0. The number of nitrogens with two attached hydrogens (primary N) is 1. The van der Waals surface area contributed by atoms with Crippen molar-refractivity contribution >= 4 is 17.6 Å². The number of hydrogen-bond acceptors (Lipinski definition) is 2. The first-order valence-corrected chi connectivity index (χ1v) is 5.61. The molecule has 1 saturated heterocycles. The third kappa shape index (κ3) is 2.28. The van der Waals surface area contributed by atoms with Crippen LogP contribution in [-0.4, -0.2) is 29.0 Å². The Morgan fingerprint density at radius 2 is 2.06 bits per heavy atom. The summed E-state index contributed by atoms with van der Waals surface area (Å²) in [6.07, 6.45) is 0.896. The Kier molecular flexibility index (Phi) is 3.31. The molecule has 2 rings (SSSR count). The highest BCUT2D eigenvalue weighted by Gasteiger charge is 2.23. The van der Waals surface area contributed by atoms with E-state index in [1.807, 2.05) is 24.3 Å². The number of rotatable bonds is 2. The summed E-state index contributed by atoms with van der Waals surface area (Å²) in [7, 11) is 0. The molecule has 86 valence electrons. The van der Waals surface area contributed by atoms with E-state index in [1.54, 1.807) is 4.90 Å². The first-order chi connectivity index (χ1) is 7.68. The van der Waals surface area contributed by atoms with Gasteiger partial charge in [0.1, 0.15) is 0 Å². The molecular formula is C11H14ClN3O. The summed E-state index contributed by atoms with van der Waals surface area (Å²) in [5.41, 5.74) is 0.952. The SMILES string of the molecule is NN1CCCN(Cc2ccccc2Cl)C1=O. The van der Waals surface area contributed by atoms with Gasteiger partial charge in [0, 0.05) is 24.7 Å². The van der Waals surface area contributed by atoms with Crippen molar-refractivity contribution in [3.05, 3.63) is 34.9 Å². The van der Waals surface area contributed by atoms with Crippen LogP contribution in [0.25, 0.3) is 0 Å². The van der Waals surface area contributed by atoms with Gasteiger partial charge in [0.15, 0.2) is 0 Å². The van der Waals surface area contributed by atoms with Crippen LogP contribution in [0.2, 0.25) is 5.02 Å². The van der Waals surface area contributed by atoms with Gasteiger partial charge in [-0.2, -0.15) is 0 Å². The van der Waals surface area contributed by atoms with Crippen LogP contribution < -0.4 is 5.84 Å². The lowest BCUT2D eigenvalue weighted by molar-refractivity contribution is 0.127. The van der Waals surface area contributed by atoms with Crippen LogP contribution >= 0.6 is 11.6 Å². The predicted molar refractivity (Wildman–Crippen MR) is 62.8 cm³/mol. The van der Waals surface area contributed by atoms with Gasteiger partial charge in [0.05, 0.1) is 0 Å². The molecule has 0 radical (unpaired) electrons. The van der Waals surface area contributed by atoms with Gasteiger partial charge in [0.2, 0.25) is 0 Å². The number of benzene rings is 1. The number of carbonyl (C=O) groups is 1. The molecule has 0 unspecified atom stereocenters. The molecule has 0 atom stereocenters. The van der Waals surface area contributed by atoms with Gasteiger partial charge in [-0.05, 0) is 18.1 Å². The lowest BCUT2D eigenvalue weighted by Crippen LogP contribution is -2.52. The van der Waals surface area contributed by atoms with Gasteiger partial charge in [-0.25, -0.2) is 10.6 Å². The minimum absolute atomic E-state index is 0.133. The van der Waals surface area contributed by atoms with Crippen LogP contribution in [-0.2, 0) is 6.54 Å². The van der Waals surface area contributed by atoms with E-state index in [0.717, 1.165) is 18.5 Å². The molecule has 0 saturated carbocycles. The molecule has 1 heterocycles. The van der Waals surface area contributed by atoms with Crippen LogP contribution in [0.1, 0.15) is 12.0 Å². The van der Waals surface area contributed by atoms with Gasteiger partial charge in [0.25, 0.3) is 0 Å². The van der Waals surface area contributed by atoms with Crippen molar-refractivity contribution in [2.75, 3.05) is 13.1 Å². The van der Waals surface area contributed by atoms with E-state index < -0.39 is 0 Å². The van der Waals surface area contributed by atoms with E-state index in [0.29, 0.717) is 18.1 Å². The average molecular weight is 240 g/mol. The molecule has 0 bridgehead atoms. The molecule has 0 aliphatic carbocycles. The van der Waals surface area contributed by atoms with Gasteiger partial charge >= 0.3 is 6.03 Å². The standard InChI is InChI=1S/C11H14ClN3O/c12-10-5-2-1-4-9(10)8-14-6-3-7-15(13)11(14)16/h1-2,4-5H,3,6-8,13H2. The number of halogens is 1. The number of hydrogen-bond donors (Lipinski definition) is 1. The van der Waals surface area contributed by atoms with Crippen molar-refractivity contribution < 1.29 is 4.79 Å². The highest BCUT2D eigenvalue weighted by molar-refractivity contribution is 6.31. The fourth-order valence-electron chi connectivity index (χ4n) is 1.78. The highest BCUT2D eigenvalue weighted by Crippen LogP contribution is 2.18. The summed E-state index contributed by atoms with van der Waals surface area (Å²) in [4.78, 5) is 13.4. The highest BCUT2D eigenvalue weighted by atomic mass is 35.5. The summed E-state index contributed by atoms with van der Waals surface area (Å²) in [5, 5.41) is 1.94. The summed E-state index contributed by atoms with van der Waals surface area (Å²) in [6, 6.07) is 7.40. The van der Waals surface area contributed by atoms with E-state index >= 15 is 0 Å². The largest absolute Gasteiger partial charge is 0.334 e. The van der Waals surface area contributed by atoms with Crippen molar-refractivity contribution in [1.82, 2.24) is 9.91 Å². The average Bonchev–Trinajstić information content (AvgIpc) is 2.28. The van der Waals surface area contributed by atoms with Crippen LogP contribution in [0.5, 0.6) is 0 Å². The minimum Gasteiger partial charge on any atom is -0.319 e. The second-order valence-corrected chi connectivity index (χ2v) is 4.25. The van der Waals surface area contributed by atoms with Gasteiger partial charge in [-0.3, -0.25) is 5.01 Å². The zero-order chi connectivity index (χ0) is 11.5. The third-order valence-electron chi connectivity index (χ3n) is 2.66. The van der Waals surface area contributed by atoms with Gasteiger partial charge in [-0.15, -0.1) is 0 Å². The van der Waals surface area contributed by atoms with Crippen LogP contribution in [0, 0.1) is 0 Å². The molecular weight excluding hydrogens is 226 g/mol. The smallest absolute Gasteiger partial charge is 0.319 e. The normalized spacial score (nSPS) is 16.8. The Bertz CT molecular complexity index is 397. The van der Waals surface area contributed by atoms with Gasteiger partial charge < -0.3 is 4.90 Å². The molecule has 1 aromatic carbocycles. The summed E-state index contributed by atoms with van der Waals surface area (Å²) in [6.45, 7) is 1.88. The van der Waals surface area contributed by atoms with E-state index in [4.69, 9.17) is 17.4 Å². The molecule has 1 aromatic rings. The first-order valence-electron chi connectivity index (χ1n) is 5.23. The molecule has 0 spiro atoms. The van der Waals surface area contributed by atoms with E-state index in [1.165, 1.54) is 5.01 Å². The van der Waals surface area contributed by atoms with Crippen molar-refractivity contribution in [1.29, 1.82) is 0 Å². The lowest BCUT2D eigenvalue weighted by atomic mass is 10.2. The maximum absolute atomic E-state index is 11.7. The maximum atomic E-state index is 11.7. The van der Waals surface area contributed by atoms with Crippen molar-refractivity contribution in [3.63, 3.8) is 0 Å². The number of urea groups is 1. The molecule has 1 aliphatic rings. The first kappa shape index (κ1) is 11.2. The molecule has 16 heavy (non-hydrogen) atoms. The van der Waals surface area contributed by atoms with E-state index in [-0.39, 0.29) is 6.03 Å². The Balaban J connectivity index is 2.10. The Labute approximate surface area is 99.5 Å². The monoisotopic (exact) mass is 239 g/mol. The van der Waals surface area contributed by atoms with E-state index in [9.17, 15) is 4.79 Å².